The molecule has 11 heteroatoms. The first-order chi connectivity index (χ1) is 42.1. The Morgan fingerprint density at radius 3 is 1.31 bits per heavy atom. The summed E-state index contributed by atoms with van der Waals surface area (Å²) in [7, 11) is -2.33. The van der Waals surface area contributed by atoms with Gasteiger partial charge in [0, 0.05) is 24.1 Å². The van der Waals surface area contributed by atoms with Crippen LogP contribution in [-0.2, 0) is 19.5 Å². The molecule has 0 unspecified atom stereocenters. The Kier molecular flexibility index (Phi) is 31.1. The molecule has 2 aliphatic heterocycles. The molecule has 0 amide bonds. The van der Waals surface area contributed by atoms with Crippen molar-refractivity contribution in [3.8, 4) is 62.8 Å². The predicted molar refractivity (Wildman–Crippen MR) is 366 cm³/mol. The van der Waals surface area contributed by atoms with Crippen molar-refractivity contribution in [2.45, 2.75) is 239 Å². The fraction of sp³-hybridized carbons (Fsp3) is 0.539. The molecule has 87 heavy (non-hydrogen) atoms. The quantitative estimate of drug-likeness (QED) is 0.0211. The number of hydrogen-bond acceptors (Lipinski definition) is 7. The normalized spacial score (nSPS) is 11.9. The molecule has 0 atom stereocenters. The van der Waals surface area contributed by atoms with Crippen LogP contribution in [0.5, 0.6) is 23.0 Å². The summed E-state index contributed by atoms with van der Waals surface area (Å²) in [6.07, 6.45) is 38.2. The first kappa shape index (κ1) is 70.2. The average Bonchev–Trinajstić information content (AvgIpc) is 2.69. The van der Waals surface area contributed by atoms with Crippen molar-refractivity contribution < 1.29 is 38.4 Å². The number of hydrogen-bond donors (Lipinski definition) is 0. The second kappa shape index (κ2) is 38.5. The third-order valence-electron chi connectivity index (χ3n) is 17.2. The van der Waals surface area contributed by atoms with Gasteiger partial charge in [0.25, 0.3) is 0 Å². The van der Waals surface area contributed by atoms with Gasteiger partial charge in [-0.15, -0.1) is 27.6 Å². The Labute approximate surface area is 538 Å². The summed E-state index contributed by atoms with van der Waals surface area (Å²) in [4.78, 5) is 21.9. The average molecular weight is 1240 g/mol. The number of fused-ring (bicyclic) bond motifs is 8. The van der Waals surface area contributed by atoms with E-state index in [2.05, 4.69) is 164 Å². The van der Waals surface area contributed by atoms with Crippen molar-refractivity contribution >= 4 is 54.4 Å². The van der Waals surface area contributed by atoms with Gasteiger partial charge in [0.1, 0.15) is 31.1 Å². The van der Waals surface area contributed by atoms with Crippen LogP contribution in [0.3, 0.4) is 0 Å². The molecule has 0 N–H and O–H groups in total. The first-order valence-corrected chi connectivity index (χ1v) is 36.2. The minimum Gasteiger partial charge on any atom is -0.657 e. The third-order valence-corrected chi connectivity index (χ3v) is 23.1. The number of nitrogens with zero attached hydrogens (tertiary/aromatic N) is 5. The Bertz CT molecular complexity index is 3070. The molecular weight excluding hydrogens is 1140 g/mol. The Hall–Kier alpha value is -5.87. The van der Waals surface area contributed by atoms with Crippen molar-refractivity contribution in [1.29, 1.82) is 5.26 Å². The molecule has 0 fully saturated rings. The number of rotatable bonds is 39. The van der Waals surface area contributed by atoms with Crippen LogP contribution in [0.1, 0.15) is 251 Å². The SMILES string of the molecule is CCCCCCCCOc1cc(OCCCCCCCC)cc(-c2c3nc(c(C#C[Si](CCCC#N)(C(C)C)C(C)C)c4ccc([n-]4)c(-c4cc(OCCCCCCCC)cc(OCCCCCCCC)c4)c4nc(cc5ccc2[n-]5)C=C4)C=C3)c1.[Zn+2]. The standard InChI is InChI=1S/C76H103N5O4Si.Zn/c1-9-13-17-21-25-30-45-82-64-51-60(52-65(56-64)83-46-31-26-22-18-14-10-2)75-71-37-35-62(78-71)55-63-36-38-72(79-63)76(61-53-66(84-47-32-27-23-19-15-11-3)57-67(54-61)85-48-33-28-24-20-16-12-4)74-42-40-70(81-74)68(69-39-41-73(75)80-69)43-50-86(58(5)6,59(7)8)49-34-29-44-77;/h35-42,51-59H,9-34,45-49H2,1-8H3;/q-2;+2. The van der Waals surface area contributed by atoms with Gasteiger partial charge in [0.2, 0.25) is 0 Å². The van der Waals surface area contributed by atoms with Crippen LogP contribution >= 0.6 is 0 Å². The molecule has 7 rings (SSSR count). The van der Waals surface area contributed by atoms with Crippen LogP contribution in [0, 0.1) is 22.8 Å². The zero-order valence-electron chi connectivity index (χ0n) is 54.8. The number of nitriles is 1. The monoisotopic (exact) mass is 1240 g/mol. The van der Waals surface area contributed by atoms with Crippen LogP contribution in [0.2, 0.25) is 17.1 Å². The summed E-state index contributed by atoms with van der Waals surface area (Å²) in [5.74, 6) is 6.96. The topological polar surface area (TPSA) is 115 Å². The molecular formula is C76H103N5O4SiZn. The second-order valence-corrected chi connectivity index (χ2v) is 29.8. The summed E-state index contributed by atoms with van der Waals surface area (Å²) in [5.41, 5.74) is 15.3. The maximum atomic E-state index is 9.72. The van der Waals surface area contributed by atoms with E-state index in [0.717, 1.165) is 159 Å². The Morgan fingerprint density at radius 2 is 0.851 bits per heavy atom. The van der Waals surface area contributed by atoms with Crippen LogP contribution in [-0.4, -0.2) is 44.5 Å². The van der Waals surface area contributed by atoms with E-state index in [1.807, 2.05) is 0 Å². The number of unbranched alkanes of at least 4 members (excludes halogenated alkanes) is 21. The smallest absolute Gasteiger partial charge is 0.657 e. The van der Waals surface area contributed by atoms with Gasteiger partial charge in [0.05, 0.1) is 55.3 Å². The van der Waals surface area contributed by atoms with Crippen molar-refractivity contribution in [1.82, 2.24) is 19.9 Å². The minimum absolute atomic E-state index is 0. The molecule has 8 bridgehead atoms. The number of benzene rings is 2. The molecule has 462 valence electrons. The zero-order chi connectivity index (χ0) is 60.8. The van der Waals surface area contributed by atoms with E-state index in [9.17, 15) is 5.26 Å². The van der Waals surface area contributed by atoms with Gasteiger partial charge in [0.15, 0.2) is 0 Å². The first-order valence-electron chi connectivity index (χ1n) is 33.8. The second-order valence-electron chi connectivity index (χ2n) is 24.7. The maximum absolute atomic E-state index is 9.72. The fourth-order valence-corrected chi connectivity index (χ4v) is 16.3. The van der Waals surface area contributed by atoms with Gasteiger partial charge in [-0.2, -0.15) is 5.26 Å². The predicted octanol–water partition coefficient (Wildman–Crippen LogP) is 21.7. The summed E-state index contributed by atoms with van der Waals surface area (Å²) < 4.78 is 26.5. The van der Waals surface area contributed by atoms with Crippen LogP contribution < -0.4 is 28.9 Å². The van der Waals surface area contributed by atoms with Crippen LogP contribution in [0.15, 0.2) is 66.7 Å². The summed E-state index contributed by atoms with van der Waals surface area (Å²) in [6, 6.07) is 26.5. The Morgan fingerprint density at radius 1 is 0.448 bits per heavy atom. The van der Waals surface area contributed by atoms with E-state index in [1.165, 1.54) is 103 Å². The van der Waals surface area contributed by atoms with Crippen molar-refractivity contribution in [2.75, 3.05) is 26.4 Å². The van der Waals surface area contributed by atoms with Crippen LogP contribution in [0.25, 0.3) is 68.6 Å². The van der Waals surface area contributed by atoms with E-state index in [-0.39, 0.29) is 19.5 Å². The van der Waals surface area contributed by atoms with Crippen LogP contribution in [0.4, 0.5) is 0 Å². The molecule has 2 aliphatic rings. The molecule has 5 aromatic rings. The molecule has 0 aliphatic carbocycles. The molecule has 0 saturated carbocycles. The fourth-order valence-electron chi connectivity index (χ4n) is 12.0. The molecule has 0 saturated heterocycles. The van der Waals surface area contributed by atoms with E-state index < -0.39 is 8.07 Å². The number of aromatic nitrogens is 4. The van der Waals surface area contributed by atoms with E-state index in [4.69, 9.17) is 38.9 Å². The van der Waals surface area contributed by atoms with E-state index >= 15 is 0 Å². The Balaban J connectivity index is 0.0000121. The molecule has 0 spiro atoms. The molecule has 9 nitrogen and oxygen atoms in total. The third kappa shape index (κ3) is 21.7. The summed E-state index contributed by atoms with van der Waals surface area (Å²) in [5, 5.41) is 9.72. The van der Waals surface area contributed by atoms with Crippen molar-refractivity contribution in [2.24, 2.45) is 0 Å². The van der Waals surface area contributed by atoms with E-state index in [0.29, 0.717) is 43.9 Å². The molecule has 2 aromatic carbocycles. The van der Waals surface area contributed by atoms with Gasteiger partial charge >= 0.3 is 19.5 Å². The van der Waals surface area contributed by atoms with Gasteiger partial charge in [-0.1, -0.05) is 220 Å². The van der Waals surface area contributed by atoms with Crippen molar-refractivity contribution in [3.63, 3.8) is 0 Å². The van der Waals surface area contributed by atoms with Crippen molar-refractivity contribution in [3.05, 3.63) is 95.1 Å². The largest absolute Gasteiger partial charge is 2.00 e. The molecule has 3 aromatic heterocycles. The van der Waals surface area contributed by atoms with Gasteiger partial charge in [-0.3, -0.25) is 0 Å². The van der Waals surface area contributed by atoms with Gasteiger partial charge in [-0.25, -0.2) is 9.97 Å². The minimum atomic E-state index is -2.33. The molecule has 5 heterocycles. The van der Waals surface area contributed by atoms with Gasteiger partial charge in [-0.05, 0) is 120 Å². The number of ether oxygens (including phenoxy) is 4. The van der Waals surface area contributed by atoms with E-state index in [1.54, 1.807) is 0 Å². The van der Waals surface area contributed by atoms with Gasteiger partial charge < -0.3 is 28.9 Å². The molecule has 0 radical (unpaired) electrons. The maximum Gasteiger partial charge on any atom is 2.00 e. The summed E-state index contributed by atoms with van der Waals surface area (Å²) >= 11 is 0. The zero-order valence-corrected chi connectivity index (χ0v) is 58.8. The summed E-state index contributed by atoms with van der Waals surface area (Å²) in [6.45, 7) is 20.9.